The Hall–Kier alpha value is -2.11. The Labute approximate surface area is 398 Å². The number of nitrogens with one attached hydrogen (secondary N) is 1. The van der Waals surface area contributed by atoms with E-state index < -0.39 is 49.5 Å². The van der Waals surface area contributed by atoms with Crippen molar-refractivity contribution >= 4 is 5.91 Å². The second-order valence-corrected chi connectivity index (χ2v) is 18.6. The molecular weight excluding hydrogens is 815 g/mol. The van der Waals surface area contributed by atoms with E-state index in [2.05, 4.69) is 67.8 Å². The molecule has 9 nitrogen and oxygen atoms in total. The number of carbonyl (C=O) groups excluding carboxylic acids is 1. The van der Waals surface area contributed by atoms with Crippen molar-refractivity contribution in [3.05, 3.63) is 60.8 Å². The maximum Gasteiger partial charge on any atom is 0.220 e. The largest absolute Gasteiger partial charge is 0.394 e. The minimum absolute atomic E-state index is 0.180. The molecule has 1 rings (SSSR count). The molecule has 1 aliphatic rings. The van der Waals surface area contributed by atoms with E-state index in [-0.39, 0.29) is 12.5 Å². The van der Waals surface area contributed by atoms with E-state index in [0.717, 1.165) is 64.2 Å². The Morgan fingerprint density at radius 2 is 0.954 bits per heavy atom. The standard InChI is InChI=1S/C56H101NO8/c1-3-5-7-9-11-12-13-14-15-16-17-18-19-20-21-22-23-24-25-26-27-28-29-30-31-32-33-34-35-36-37-38-40-42-44-46-52(60)57-49(50(59)45-43-41-39-10-8-6-4-2)48-64-56-55(63)54(62)53(61)51(47-58)65-56/h5,7,11-12,14-15,17-18,43,45,49-51,53-56,58-59,61-63H,3-4,6,8-10,13,16,19-42,44,46-48H2,1-2H3,(H,57,60)/b7-5-,12-11-,15-14-,18-17-,45-43+. The second kappa shape index (κ2) is 45.7. The van der Waals surface area contributed by atoms with Crippen LogP contribution in [-0.4, -0.2) is 87.5 Å². The van der Waals surface area contributed by atoms with Gasteiger partial charge in [0.05, 0.1) is 25.4 Å². The number of amides is 1. The van der Waals surface area contributed by atoms with Crippen LogP contribution in [0.15, 0.2) is 60.8 Å². The highest BCUT2D eigenvalue weighted by Gasteiger charge is 2.44. The first-order valence-corrected chi connectivity index (χ1v) is 27.0. The van der Waals surface area contributed by atoms with E-state index in [4.69, 9.17) is 9.47 Å². The summed E-state index contributed by atoms with van der Waals surface area (Å²) in [4.78, 5) is 12.9. The lowest BCUT2D eigenvalue weighted by molar-refractivity contribution is -0.302. The molecule has 378 valence electrons. The van der Waals surface area contributed by atoms with Crippen molar-refractivity contribution in [3.8, 4) is 0 Å². The smallest absolute Gasteiger partial charge is 0.220 e. The van der Waals surface area contributed by atoms with Crippen molar-refractivity contribution in [1.29, 1.82) is 0 Å². The summed E-state index contributed by atoms with van der Waals surface area (Å²) in [7, 11) is 0. The molecule has 65 heavy (non-hydrogen) atoms. The number of aliphatic hydroxyl groups is 5. The van der Waals surface area contributed by atoms with Crippen LogP contribution in [0, 0.1) is 0 Å². The minimum atomic E-state index is -1.56. The Bertz CT molecular complexity index is 1200. The maximum absolute atomic E-state index is 12.9. The SMILES string of the molecule is CC/C=C\C/C=C\C/C=C\C/C=C\CCCCCCCCCCCCCCCCCCCCCCCCC(=O)NC(COC1OC(CO)C(O)C(O)C1O)C(O)/C=C/CCCCCCC. The van der Waals surface area contributed by atoms with Crippen LogP contribution in [0.4, 0.5) is 0 Å². The van der Waals surface area contributed by atoms with Crippen molar-refractivity contribution in [3.63, 3.8) is 0 Å². The van der Waals surface area contributed by atoms with Crippen LogP contribution in [0.25, 0.3) is 0 Å². The van der Waals surface area contributed by atoms with Crippen molar-refractivity contribution in [2.45, 2.75) is 275 Å². The fourth-order valence-electron chi connectivity index (χ4n) is 8.32. The van der Waals surface area contributed by atoms with Gasteiger partial charge in [-0.2, -0.15) is 0 Å². The molecule has 9 heteroatoms. The molecule has 0 aliphatic carbocycles. The van der Waals surface area contributed by atoms with Gasteiger partial charge in [0.1, 0.15) is 24.4 Å². The predicted molar refractivity (Wildman–Crippen MR) is 272 cm³/mol. The molecule has 7 atom stereocenters. The summed E-state index contributed by atoms with van der Waals surface area (Å²) >= 11 is 0. The quantitative estimate of drug-likeness (QED) is 0.0261. The molecule has 0 aromatic heterocycles. The third kappa shape index (κ3) is 35.7. The van der Waals surface area contributed by atoms with Gasteiger partial charge in [0.2, 0.25) is 5.91 Å². The molecule has 0 bridgehead atoms. The fourth-order valence-corrected chi connectivity index (χ4v) is 8.32. The van der Waals surface area contributed by atoms with Gasteiger partial charge in [-0.15, -0.1) is 0 Å². The molecule has 1 heterocycles. The lowest BCUT2D eigenvalue weighted by atomic mass is 9.99. The number of rotatable bonds is 45. The zero-order valence-electron chi connectivity index (χ0n) is 41.7. The van der Waals surface area contributed by atoms with Gasteiger partial charge in [0.25, 0.3) is 0 Å². The summed E-state index contributed by atoms with van der Waals surface area (Å²) in [6.45, 7) is 3.60. The molecule has 0 spiro atoms. The Balaban J connectivity index is 2.02. The number of ether oxygens (including phenoxy) is 2. The molecule has 1 saturated heterocycles. The summed E-state index contributed by atoms with van der Waals surface area (Å²) in [5, 5.41) is 54.0. The van der Waals surface area contributed by atoms with Crippen molar-refractivity contribution < 1.29 is 39.8 Å². The molecular formula is C56H101NO8. The van der Waals surface area contributed by atoms with E-state index >= 15 is 0 Å². The van der Waals surface area contributed by atoms with E-state index in [1.54, 1.807) is 6.08 Å². The van der Waals surface area contributed by atoms with Crippen LogP contribution in [0.2, 0.25) is 0 Å². The van der Waals surface area contributed by atoms with Crippen molar-refractivity contribution in [2.24, 2.45) is 0 Å². The van der Waals surface area contributed by atoms with E-state index in [9.17, 15) is 30.3 Å². The number of aliphatic hydroxyl groups excluding tert-OH is 5. The normalized spacial score (nSPS) is 20.4. The lowest BCUT2D eigenvalue weighted by Crippen LogP contribution is -2.60. The zero-order valence-corrected chi connectivity index (χ0v) is 41.7. The average molecular weight is 916 g/mol. The molecule has 6 N–H and O–H groups in total. The van der Waals surface area contributed by atoms with Crippen LogP contribution < -0.4 is 5.32 Å². The van der Waals surface area contributed by atoms with Gasteiger partial charge in [0.15, 0.2) is 6.29 Å². The van der Waals surface area contributed by atoms with E-state index in [1.807, 2.05) is 6.08 Å². The highest BCUT2D eigenvalue weighted by Crippen LogP contribution is 2.23. The summed E-state index contributed by atoms with van der Waals surface area (Å²) in [6, 6.07) is -0.801. The minimum Gasteiger partial charge on any atom is -0.394 e. The topological polar surface area (TPSA) is 149 Å². The third-order valence-electron chi connectivity index (χ3n) is 12.6. The van der Waals surface area contributed by atoms with Crippen LogP contribution in [0.3, 0.4) is 0 Å². The Morgan fingerprint density at radius 3 is 1.42 bits per heavy atom. The van der Waals surface area contributed by atoms with Gasteiger partial charge >= 0.3 is 0 Å². The molecule has 7 unspecified atom stereocenters. The van der Waals surface area contributed by atoms with Crippen molar-refractivity contribution in [2.75, 3.05) is 13.2 Å². The summed E-state index contributed by atoms with van der Waals surface area (Å²) in [5.74, 6) is -0.180. The number of carbonyl (C=O) groups is 1. The first-order valence-electron chi connectivity index (χ1n) is 27.0. The molecule has 0 aromatic rings. The molecule has 0 aromatic carbocycles. The number of unbranched alkanes of at least 4 members (excludes halogenated alkanes) is 27. The summed E-state index contributed by atoms with van der Waals surface area (Å²) in [5.41, 5.74) is 0. The summed E-state index contributed by atoms with van der Waals surface area (Å²) in [6.07, 6.45) is 54.8. The zero-order chi connectivity index (χ0) is 47.3. The van der Waals surface area contributed by atoms with Gasteiger partial charge in [-0.05, 0) is 57.8 Å². The summed E-state index contributed by atoms with van der Waals surface area (Å²) < 4.78 is 11.2. The first-order chi connectivity index (χ1) is 31.8. The van der Waals surface area contributed by atoms with Gasteiger partial charge in [-0.3, -0.25) is 4.79 Å². The average Bonchev–Trinajstić information content (AvgIpc) is 3.31. The van der Waals surface area contributed by atoms with Crippen LogP contribution in [0.5, 0.6) is 0 Å². The maximum atomic E-state index is 12.9. The van der Waals surface area contributed by atoms with Gasteiger partial charge in [0, 0.05) is 6.42 Å². The van der Waals surface area contributed by atoms with Gasteiger partial charge in [-0.1, -0.05) is 229 Å². The monoisotopic (exact) mass is 916 g/mol. The van der Waals surface area contributed by atoms with Crippen LogP contribution in [-0.2, 0) is 14.3 Å². The molecule has 1 fully saturated rings. The molecule has 1 aliphatic heterocycles. The third-order valence-corrected chi connectivity index (χ3v) is 12.6. The van der Waals surface area contributed by atoms with E-state index in [0.29, 0.717) is 6.42 Å². The van der Waals surface area contributed by atoms with Crippen molar-refractivity contribution in [1.82, 2.24) is 5.32 Å². The highest BCUT2D eigenvalue weighted by molar-refractivity contribution is 5.76. The van der Waals surface area contributed by atoms with Crippen LogP contribution in [0.1, 0.15) is 232 Å². The first kappa shape index (κ1) is 60.9. The Morgan fingerprint density at radius 1 is 0.538 bits per heavy atom. The lowest BCUT2D eigenvalue weighted by Gasteiger charge is -2.40. The number of hydrogen-bond donors (Lipinski definition) is 6. The van der Waals surface area contributed by atoms with Gasteiger partial charge in [-0.25, -0.2) is 0 Å². The fraction of sp³-hybridized carbons (Fsp3) is 0.804. The van der Waals surface area contributed by atoms with Crippen LogP contribution >= 0.6 is 0 Å². The van der Waals surface area contributed by atoms with Gasteiger partial charge < -0.3 is 40.3 Å². The predicted octanol–water partition coefficient (Wildman–Crippen LogP) is 12.7. The number of hydrogen-bond acceptors (Lipinski definition) is 8. The Kier molecular flexibility index (Phi) is 42.8. The molecule has 1 amide bonds. The molecule has 0 radical (unpaired) electrons. The van der Waals surface area contributed by atoms with E-state index in [1.165, 1.54) is 148 Å². The molecule has 0 saturated carbocycles. The number of allylic oxidation sites excluding steroid dienone is 9. The highest BCUT2D eigenvalue weighted by atomic mass is 16.7. The second-order valence-electron chi connectivity index (χ2n) is 18.6.